The fraction of sp³-hybridized carbons (Fsp3) is 0.200. The maximum Gasteiger partial charge on any atom is 0.359 e. The number of ether oxygens (including phenoxy) is 1. The van der Waals surface area contributed by atoms with Gasteiger partial charge >= 0.3 is 5.97 Å². The molecular weight excluding hydrogens is 332 g/mol. The lowest BCUT2D eigenvalue weighted by molar-refractivity contribution is 0.0469. The fourth-order valence-corrected chi connectivity index (χ4v) is 2.65. The second kappa shape index (κ2) is 6.92. The van der Waals surface area contributed by atoms with E-state index in [1.807, 2.05) is 19.9 Å². The Balaban J connectivity index is 1.84. The number of carbonyl (C=O) groups is 2. The Morgan fingerprint density at radius 3 is 2.42 bits per heavy atom. The van der Waals surface area contributed by atoms with Crippen molar-refractivity contribution in [1.29, 1.82) is 0 Å². The summed E-state index contributed by atoms with van der Waals surface area (Å²) >= 11 is 0. The van der Waals surface area contributed by atoms with Gasteiger partial charge in [0, 0.05) is 18.0 Å². The zero-order valence-corrected chi connectivity index (χ0v) is 14.8. The number of rotatable bonds is 4. The Morgan fingerprint density at radius 1 is 1.04 bits per heavy atom. The standard InChI is InChI=1S/C20H18N2O4/c1-12-8-9-14(10-13(12)2)17(23)11-26-20(25)18-15-6-4-5-7-16(15)19(24)22(3)21-18/h4-10H,11H2,1-3H3. The van der Waals surface area contributed by atoms with Crippen molar-refractivity contribution < 1.29 is 14.3 Å². The van der Waals surface area contributed by atoms with Crippen molar-refractivity contribution in [2.75, 3.05) is 6.61 Å². The molecule has 26 heavy (non-hydrogen) atoms. The molecule has 0 radical (unpaired) electrons. The van der Waals surface area contributed by atoms with E-state index >= 15 is 0 Å². The van der Waals surface area contributed by atoms with Crippen LogP contribution >= 0.6 is 0 Å². The SMILES string of the molecule is Cc1ccc(C(=O)COC(=O)c2nn(C)c(=O)c3ccccc23)cc1C. The highest BCUT2D eigenvalue weighted by molar-refractivity contribution is 6.04. The van der Waals surface area contributed by atoms with Crippen molar-refractivity contribution in [3.8, 4) is 0 Å². The number of hydrogen-bond acceptors (Lipinski definition) is 5. The summed E-state index contributed by atoms with van der Waals surface area (Å²) in [7, 11) is 1.46. The molecule has 0 aliphatic carbocycles. The molecular formula is C20H18N2O4. The summed E-state index contributed by atoms with van der Waals surface area (Å²) < 4.78 is 6.24. The van der Waals surface area contributed by atoms with Crippen molar-refractivity contribution in [2.24, 2.45) is 7.05 Å². The number of ketones is 1. The predicted octanol–water partition coefficient (Wildman–Crippen LogP) is 2.59. The van der Waals surface area contributed by atoms with E-state index in [-0.39, 0.29) is 23.6 Å². The number of aryl methyl sites for hydroxylation is 3. The van der Waals surface area contributed by atoms with E-state index in [1.165, 1.54) is 7.05 Å². The quantitative estimate of drug-likeness (QED) is 0.534. The zero-order chi connectivity index (χ0) is 18.8. The fourth-order valence-electron chi connectivity index (χ4n) is 2.65. The van der Waals surface area contributed by atoms with Crippen molar-refractivity contribution in [1.82, 2.24) is 9.78 Å². The molecule has 0 unspecified atom stereocenters. The minimum Gasteiger partial charge on any atom is -0.452 e. The van der Waals surface area contributed by atoms with Crippen LogP contribution in [0.3, 0.4) is 0 Å². The molecule has 1 heterocycles. The van der Waals surface area contributed by atoms with Crippen molar-refractivity contribution >= 4 is 22.5 Å². The first-order valence-electron chi connectivity index (χ1n) is 8.12. The summed E-state index contributed by atoms with van der Waals surface area (Å²) in [5.74, 6) is -1.04. The van der Waals surface area contributed by atoms with Gasteiger partial charge in [-0.3, -0.25) is 9.59 Å². The lowest BCUT2D eigenvalue weighted by Gasteiger charge is -2.09. The Hall–Kier alpha value is -3.28. The van der Waals surface area contributed by atoms with Gasteiger partial charge in [0.1, 0.15) is 0 Å². The van der Waals surface area contributed by atoms with E-state index < -0.39 is 5.97 Å². The first-order valence-corrected chi connectivity index (χ1v) is 8.12. The molecule has 0 N–H and O–H groups in total. The number of fused-ring (bicyclic) bond motifs is 1. The van der Waals surface area contributed by atoms with E-state index in [4.69, 9.17) is 4.74 Å². The molecule has 2 aromatic carbocycles. The molecule has 0 saturated heterocycles. The molecule has 0 saturated carbocycles. The highest BCUT2D eigenvalue weighted by Crippen LogP contribution is 2.15. The van der Waals surface area contributed by atoms with Gasteiger partial charge in [0.15, 0.2) is 18.1 Å². The van der Waals surface area contributed by atoms with Gasteiger partial charge in [-0.15, -0.1) is 0 Å². The van der Waals surface area contributed by atoms with E-state index in [0.717, 1.165) is 15.8 Å². The topological polar surface area (TPSA) is 78.3 Å². The Bertz CT molecular complexity index is 1080. The maximum absolute atomic E-state index is 12.4. The zero-order valence-electron chi connectivity index (χ0n) is 14.8. The van der Waals surface area contributed by atoms with Crippen LogP contribution in [-0.4, -0.2) is 28.1 Å². The van der Waals surface area contributed by atoms with Crippen LogP contribution in [0.5, 0.6) is 0 Å². The Morgan fingerprint density at radius 2 is 1.73 bits per heavy atom. The van der Waals surface area contributed by atoms with Crippen molar-refractivity contribution in [2.45, 2.75) is 13.8 Å². The monoisotopic (exact) mass is 350 g/mol. The van der Waals surface area contributed by atoms with Crippen LogP contribution in [0.2, 0.25) is 0 Å². The highest BCUT2D eigenvalue weighted by Gasteiger charge is 2.18. The van der Waals surface area contributed by atoms with E-state index in [2.05, 4.69) is 5.10 Å². The third-order valence-corrected chi connectivity index (χ3v) is 4.31. The molecule has 6 nitrogen and oxygen atoms in total. The van der Waals surface area contributed by atoms with Crippen LogP contribution < -0.4 is 5.56 Å². The third-order valence-electron chi connectivity index (χ3n) is 4.31. The highest BCUT2D eigenvalue weighted by atomic mass is 16.5. The van der Waals surface area contributed by atoms with Gasteiger partial charge in [-0.05, 0) is 37.1 Å². The van der Waals surface area contributed by atoms with Crippen LogP contribution in [0.4, 0.5) is 0 Å². The minimum absolute atomic E-state index is 0.00980. The maximum atomic E-state index is 12.4. The number of carbonyl (C=O) groups excluding carboxylic acids is 2. The average Bonchev–Trinajstić information content (AvgIpc) is 2.64. The smallest absolute Gasteiger partial charge is 0.359 e. The van der Waals surface area contributed by atoms with Crippen LogP contribution in [0.15, 0.2) is 47.3 Å². The summed E-state index contributed by atoms with van der Waals surface area (Å²) in [6.45, 7) is 3.49. The van der Waals surface area contributed by atoms with Gasteiger partial charge < -0.3 is 4.74 Å². The molecule has 132 valence electrons. The molecule has 0 spiro atoms. The molecule has 1 aromatic heterocycles. The van der Waals surface area contributed by atoms with E-state index in [9.17, 15) is 14.4 Å². The van der Waals surface area contributed by atoms with Crippen LogP contribution in [0.1, 0.15) is 32.0 Å². The molecule has 0 atom stereocenters. The number of Topliss-reactive ketones (excluding diaryl/α,β-unsaturated/α-hetero) is 1. The van der Waals surface area contributed by atoms with Gasteiger partial charge in [-0.25, -0.2) is 9.48 Å². The van der Waals surface area contributed by atoms with Gasteiger partial charge in [0.05, 0.1) is 5.39 Å². The minimum atomic E-state index is -0.742. The summed E-state index contributed by atoms with van der Waals surface area (Å²) in [5.41, 5.74) is 2.27. The first kappa shape index (κ1) is 17.5. The number of aromatic nitrogens is 2. The summed E-state index contributed by atoms with van der Waals surface area (Å²) in [6.07, 6.45) is 0. The molecule has 0 aliphatic rings. The number of esters is 1. The number of nitrogens with zero attached hydrogens (tertiary/aromatic N) is 2. The lowest BCUT2D eigenvalue weighted by Crippen LogP contribution is -2.24. The third kappa shape index (κ3) is 3.26. The molecule has 3 rings (SSSR count). The second-order valence-corrected chi connectivity index (χ2v) is 6.12. The van der Waals surface area contributed by atoms with Crippen molar-refractivity contribution in [3.63, 3.8) is 0 Å². The molecule has 0 bridgehead atoms. The number of benzene rings is 2. The summed E-state index contributed by atoms with van der Waals surface area (Å²) in [5, 5.41) is 4.77. The first-order chi connectivity index (χ1) is 12.4. The summed E-state index contributed by atoms with van der Waals surface area (Å²) in [6, 6.07) is 12.0. The predicted molar refractivity (Wildman–Crippen MR) is 97.5 cm³/mol. The molecule has 6 heteroatoms. The lowest BCUT2D eigenvalue weighted by atomic mass is 10.0. The Kier molecular flexibility index (Phi) is 4.67. The van der Waals surface area contributed by atoms with Gasteiger partial charge in [0.2, 0.25) is 0 Å². The van der Waals surface area contributed by atoms with Crippen LogP contribution in [-0.2, 0) is 11.8 Å². The number of hydrogen-bond donors (Lipinski definition) is 0. The van der Waals surface area contributed by atoms with Crippen LogP contribution in [0, 0.1) is 13.8 Å². The van der Waals surface area contributed by atoms with E-state index in [1.54, 1.807) is 36.4 Å². The van der Waals surface area contributed by atoms with Crippen LogP contribution in [0.25, 0.3) is 10.8 Å². The Labute approximate surface area is 150 Å². The largest absolute Gasteiger partial charge is 0.452 e. The normalized spacial score (nSPS) is 10.7. The summed E-state index contributed by atoms with van der Waals surface area (Å²) in [4.78, 5) is 36.8. The molecule has 0 fully saturated rings. The molecule has 0 amide bonds. The van der Waals surface area contributed by atoms with Gasteiger partial charge in [0.25, 0.3) is 5.56 Å². The second-order valence-electron chi connectivity index (χ2n) is 6.12. The van der Waals surface area contributed by atoms with E-state index in [0.29, 0.717) is 16.3 Å². The molecule has 3 aromatic rings. The van der Waals surface area contributed by atoms with Crippen molar-refractivity contribution in [3.05, 3.63) is 75.2 Å². The van der Waals surface area contributed by atoms with Gasteiger partial charge in [-0.2, -0.15) is 5.10 Å². The molecule has 0 aliphatic heterocycles. The van der Waals surface area contributed by atoms with Gasteiger partial charge in [-0.1, -0.05) is 30.3 Å². The average molecular weight is 350 g/mol.